The molecule has 2 amide bonds. The summed E-state index contributed by atoms with van der Waals surface area (Å²) < 4.78 is 81.9. The largest absolute Gasteiger partial charge is 0.491 e. The Hall–Kier alpha value is -6.60. The van der Waals surface area contributed by atoms with Crippen molar-refractivity contribution in [3.63, 3.8) is 0 Å². The maximum absolute atomic E-state index is 12.2. The van der Waals surface area contributed by atoms with Crippen LogP contribution in [0.15, 0.2) is 180 Å². The van der Waals surface area contributed by atoms with Crippen LogP contribution < -0.4 is 11.1 Å². The van der Waals surface area contributed by atoms with Crippen molar-refractivity contribution in [1.29, 1.82) is 0 Å². The highest BCUT2D eigenvalue weighted by Crippen LogP contribution is 2.43. The molecule has 10 nitrogen and oxygen atoms in total. The van der Waals surface area contributed by atoms with Crippen molar-refractivity contribution in [2.75, 3.05) is 25.4 Å². The highest BCUT2D eigenvalue weighted by molar-refractivity contribution is 7.99. The van der Waals surface area contributed by atoms with Crippen molar-refractivity contribution in [3.8, 4) is 0 Å². The van der Waals surface area contributed by atoms with E-state index in [0.29, 0.717) is 23.6 Å². The molecule has 0 fully saturated rings. The molecule has 2 aliphatic heterocycles. The van der Waals surface area contributed by atoms with Crippen molar-refractivity contribution >= 4 is 47.3 Å². The first kappa shape index (κ1) is 60.0. The molecule has 0 bridgehead atoms. The fourth-order valence-electron chi connectivity index (χ4n) is 7.52. The minimum Gasteiger partial charge on any atom is -0.380 e. The lowest BCUT2D eigenvalue weighted by Crippen LogP contribution is -2.34. The van der Waals surface area contributed by atoms with Gasteiger partial charge in [0.15, 0.2) is 0 Å². The van der Waals surface area contributed by atoms with Crippen molar-refractivity contribution < 1.29 is 54.5 Å². The number of hydrogen-bond donors (Lipinski definition) is 2. The first-order valence-corrected chi connectivity index (χ1v) is 25.7. The number of nitrogens with two attached hydrogens (primary N) is 1. The van der Waals surface area contributed by atoms with Crippen molar-refractivity contribution in [2.45, 2.75) is 85.7 Å². The van der Waals surface area contributed by atoms with E-state index in [-0.39, 0.29) is 18.1 Å². The van der Waals surface area contributed by atoms with Gasteiger partial charge in [0, 0.05) is 40.7 Å². The van der Waals surface area contributed by atoms with E-state index >= 15 is 0 Å². The van der Waals surface area contributed by atoms with Gasteiger partial charge in [-0.05, 0) is 98.3 Å². The molecule has 0 radical (unpaired) electrons. The van der Waals surface area contributed by atoms with Gasteiger partial charge in [0.2, 0.25) is 12.8 Å². The molecule has 0 saturated heterocycles. The Bertz CT molecular complexity index is 2650. The molecule has 2 heterocycles. The number of nitrogens with zero attached hydrogens (tertiary/aromatic N) is 2. The number of rotatable bonds is 11. The molecule has 3 N–H and O–H groups in total. The van der Waals surface area contributed by atoms with E-state index in [4.69, 9.17) is 5.73 Å². The normalized spacial score (nSPS) is 16.7. The quantitative estimate of drug-likeness (QED) is 0.0562. The summed E-state index contributed by atoms with van der Waals surface area (Å²) in [6.45, 7) is 10.6. The number of esters is 2. The van der Waals surface area contributed by atoms with Crippen molar-refractivity contribution in [3.05, 3.63) is 203 Å². The number of amides is 2. The Balaban J connectivity index is 0.000000208. The standard InChI is InChI=1S/C17H19NO2S.C17H17NOS.C10H13N.C8H11N.C4F6O3/c1-15(16-8-4-2-5-9-16)18(14-19)12-13-21(20)17-10-6-3-7-11-17;1-13-15-9-5-6-10-16(15)17(11-18(13)12-19)20-14-7-3-2-4-8-14;1-8-10-5-3-2-4-9(10)6-7-11-8;1-7(9)8-5-3-2-4-6-8;5-3(6,7)1(11)13-2(12)4(8,9)10/h2-11,14-15H,12-13H2,1H3;2-10,12-13,17H,11H2,1H3;2-5,8,11H,6-7H2,1H3;2-7H,9H2,1H3;/t15-,21?;13-,17?;8-;7-;/m1111./s1. The third kappa shape index (κ3) is 19.3. The van der Waals surface area contributed by atoms with Gasteiger partial charge in [0.05, 0.1) is 28.1 Å². The van der Waals surface area contributed by atoms with Crippen LogP contribution >= 0.6 is 11.8 Å². The van der Waals surface area contributed by atoms with Crippen LogP contribution in [0, 0.1) is 0 Å². The third-order valence-electron chi connectivity index (χ3n) is 11.6. The molecule has 6 aromatic rings. The van der Waals surface area contributed by atoms with Gasteiger partial charge in [-0.15, -0.1) is 11.8 Å². The summed E-state index contributed by atoms with van der Waals surface area (Å²) in [6, 6.07) is 57.6. The Kier molecular flexibility index (Phi) is 24.3. The van der Waals surface area contributed by atoms with Crippen LogP contribution in [-0.4, -0.2) is 76.5 Å². The topological polar surface area (TPSA) is 139 Å². The monoisotopic (exact) mass is 1060 g/mol. The summed E-state index contributed by atoms with van der Waals surface area (Å²) in [5.74, 6) is -5.95. The minimum absolute atomic E-state index is 0.0172. The number of thioether (sulfide) groups is 1. The number of nitrogens with one attached hydrogen (secondary N) is 1. The number of hydrogen-bond acceptors (Lipinski definition) is 9. The number of ether oxygens (including phenoxy) is 1. The number of carbonyl (C=O) groups excluding carboxylic acids is 4. The number of fused-ring (bicyclic) bond motifs is 2. The van der Waals surface area contributed by atoms with E-state index in [2.05, 4.69) is 90.6 Å². The Morgan fingerprint density at radius 1 is 0.716 bits per heavy atom. The predicted molar refractivity (Wildman–Crippen MR) is 277 cm³/mol. The van der Waals surface area contributed by atoms with Gasteiger partial charge < -0.3 is 25.6 Å². The molecule has 0 aliphatic carbocycles. The molecule has 8 rings (SSSR count). The van der Waals surface area contributed by atoms with E-state index in [0.717, 1.165) is 36.4 Å². The third-order valence-corrected chi connectivity index (χ3v) is 14.2. The van der Waals surface area contributed by atoms with E-state index in [9.17, 15) is 49.7 Å². The van der Waals surface area contributed by atoms with E-state index in [1.54, 1.807) is 4.90 Å². The molecule has 18 heteroatoms. The molecule has 6 aromatic carbocycles. The van der Waals surface area contributed by atoms with Crippen molar-refractivity contribution in [2.24, 2.45) is 5.73 Å². The summed E-state index contributed by atoms with van der Waals surface area (Å²) in [6.07, 6.45) is -8.26. The van der Waals surface area contributed by atoms with Crippen LogP contribution in [0.1, 0.15) is 90.5 Å². The van der Waals surface area contributed by atoms with Gasteiger partial charge in [-0.2, -0.15) is 26.3 Å². The first-order chi connectivity index (χ1) is 35.2. The minimum atomic E-state index is -5.62. The SMILES string of the molecule is C[C@@H](N)c1ccccc1.C[C@@H]1c2ccccc2C(Sc2ccccc2)CN1C=O.C[C@H](c1ccccc1)N(C=O)CCS(=O)c1ccccc1.C[C@H]1NCCc2ccccc21.O=C(OC(=O)C(F)(F)F)C(F)(F)F. The molecule has 74 heavy (non-hydrogen) atoms. The van der Waals surface area contributed by atoms with Crippen molar-refractivity contribution in [1.82, 2.24) is 15.1 Å². The smallest absolute Gasteiger partial charge is 0.380 e. The van der Waals surface area contributed by atoms with Crippen LogP contribution in [0.4, 0.5) is 26.3 Å². The van der Waals surface area contributed by atoms with Gasteiger partial charge in [-0.1, -0.05) is 146 Å². The first-order valence-electron chi connectivity index (χ1n) is 23.5. The second kappa shape index (κ2) is 29.9. The Morgan fingerprint density at radius 2 is 1.19 bits per heavy atom. The zero-order chi connectivity index (χ0) is 54.3. The maximum atomic E-state index is 12.2. The molecule has 0 spiro atoms. The van der Waals surface area contributed by atoms with Gasteiger partial charge in [-0.3, -0.25) is 13.8 Å². The fourth-order valence-corrected chi connectivity index (χ4v) is 9.83. The lowest BCUT2D eigenvalue weighted by atomic mass is 9.94. The van der Waals surface area contributed by atoms with Gasteiger partial charge in [-0.25, -0.2) is 9.59 Å². The zero-order valence-corrected chi connectivity index (χ0v) is 42.9. The number of benzene rings is 6. The zero-order valence-electron chi connectivity index (χ0n) is 41.2. The van der Waals surface area contributed by atoms with E-state index < -0.39 is 35.1 Å². The van der Waals surface area contributed by atoms with Gasteiger partial charge in [0.25, 0.3) is 0 Å². The van der Waals surface area contributed by atoms with Gasteiger partial charge >= 0.3 is 24.3 Å². The lowest BCUT2D eigenvalue weighted by Gasteiger charge is -2.37. The summed E-state index contributed by atoms with van der Waals surface area (Å²) in [4.78, 5) is 47.5. The molecule has 2 aliphatic rings. The maximum Gasteiger partial charge on any atom is 0.491 e. The number of halogens is 6. The summed E-state index contributed by atoms with van der Waals surface area (Å²) in [7, 11) is -1.08. The summed E-state index contributed by atoms with van der Waals surface area (Å²) in [5.41, 5.74) is 13.5. The van der Waals surface area contributed by atoms with E-state index in [1.807, 2.05) is 134 Å². The highest BCUT2D eigenvalue weighted by Gasteiger charge is 2.49. The molecule has 0 aromatic heterocycles. The molecular formula is C56H60F6N4O6S2. The van der Waals surface area contributed by atoms with Crippen LogP contribution in [0.5, 0.6) is 0 Å². The molecule has 0 saturated carbocycles. The van der Waals surface area contributed by atoms with E-state index in [1.165, 1.54) is 39.1 Å². The van der Waals surface area contributed by atoms with Crippen LogP contribution in [0.3, 0.4) is 0 Å². The fraction of sp³-hybridized carbons (Fsp3) is 0.286. The molecule has 2 unspecified atom stereocenters. The summed E-state index contributed by atoms with van der Waals surface area (Å²) >= 11 is 1.83. The predicted octanol–water partition coefficient (Wildman–Crippen LogP) is 11.8. The lowest BCUT2D eigenvalue weighted by molar-refractivity contribution is -0.221. The Labute approximate surface area is 435 Å². The summed E-state index contributed by atoms with van der Waals surface area (Å²) in [5, 5.41) is 3.74. The second-order valence-electron chi connectivity index (χ2n) is 16.8. The highest BCUT2D eigenvalue weighted by atomic mass is 32.2. The van der Waals surface area contributed by atoms with Crippen LogP contribution in [0.2, 0.25) is 0 Å². The number of alkyl halides is 6. The second-order valence-corrected chi connectivity index (χ2v) is 19.7. The number of carbonyl (C=O) groups is 4. The molecule has 394 valence electrons. The molecular weight excluding hydrogens is 1000 g/mol. The molecule has 6 atom stereocenters. The van der Waals surface area contributed by atoms with Crippen LogP contribution in [-0.2, 0) is 41.1 Å². The van der Waals surface area contributed by atoms with Gasteiger partial charge in [0.1, 0.15) is 0 Å². The Morgan fingerprint density at radius 3 is 1.68 bits per heavy atom. The average molecular weight is 1060 g/mol. The average Bonchev–Trinajstić information content (AvgIpc) is 3.41. The van der Waals surface area contributed by atoms with Crippen LogP contribution in [0.25, 0.3) is 0 Å².